The molecular formula is C18H17F3N2O4. The predicted molar refractivity (Wildman–Crippen MR) is 91.2 cm³/mol. The number of amides is 2. The summed E-state index contributed by atoms with van der Waals surface area (Å²) in [7, 11) is 0. The van der Waals surface area contributed by atoms with Crippen molar-refractivity contribution < 1.29 is 32.6 Å². The van der Waals surface area contributed by atoms with Crippen LogP contribution in [0.1, 0.15) is 12.5 Å². The monoisotopic (exact) mass is 382 g/mol. The van der Waals surface area contributed by atoms with Crippen LogP contribution in [0.4, 0.5) is 18.9 Å². The minimum Gasteiger partial charge on any atom is -0.508 e. The van der Waals surface area contributed by atoms with Crippen molar-refractivity contribution in [2.24, 2.45) is 0 Å². The SMILES string of the molecule is CC(Oc1ccc(O)cc1)C(=O)NCc1cccc(NC(=O)C(F)(F)F)c1. The molecule has 9 heteroatoms. The van der Waals surface area contributed by atoms with Crippen molar-refractivity contribution in [3.05, 3.63) is 54.1 Å². The number of ether oxygens (including phenoxy) is 1. The van der Waals surface area contributed by atoms with E-state index in [1.807, 2.05) is 0 Å². The number of rotatable bonds is 6. The first-order chi connectivity index (χ1) is 12.6. The van der Waals surface area contributed by atoms with E-state index in [2.05, 4.69) is 5.32 Å². The number of carbonyl (C=O) groups is 2. The van der Waals surface area contributed by atoms with Gasteiger partial charge in [0, 0.05) is 12.2 Å². The number of nitrogens with one attached hydrogen (secondary N) is 2. The lowest BCUT2D eigenvalue weighted by atomic mass is 10.2. The number of alkyl halides is 3. The van der Waals surface area contributed by atoms with Gasteiger partial charge in [0.25, 0.3) is 5.91 Å². The zero-order chi connectivity index (χ0) is 20.0. The van der Waals surface area contributed by atoms with Crippen LogP contribution in [0.25, 0.3) is 0 Å². The van der Waals surface area contributed by atoms with Crippen LogP contribution in [0, 0.1) is 0 Å². The van der Waals surface area contributed by atoms with Crippen LogP contribution in [-0.4, -0.2) is 29.2 Å². The zero-order valence-corrected chi connectivity index (χ0v) is 14.2. The van der Waals surface area contributed by atoms with Crippen molar-refractivity contribution in [1.29, 1.82) is 0 Å². The van der Waals surface area contributed by atoms with Crippen LogP contribution >= 0.6 is 0 Å². The normalized spacial score (nSPS) is 12.1. The van der Waals surface area contributed by atoms with Crippen LogP contribution in [0.2, 0.25) is 0 Å². The zero-order valence-electron chi connectivity index (χ0n) is 14.2. The van der Waals surface area contributed by atoms with Gasteiger partial charge in [-0.1, -0.05) is 12.1 Å². The third kappa shape index (κ3) is 6.21. The highest BCUT2D eigenvalue weighted by atomic mass is 19.4. The van der Waals surface area contributed by atoms with E-state index >= 15 is 0 Å². The Morgan fingerprint density at radius 1 is 1.15 bits per heavy atom. The summed E-state index contributed by atoms with van der Waals surface area (Å²) in [5.74, 6) is -2.04. The summed E-state index contributed by atoms with van der Waals surface area (Å²) in [6.45, 7) is 1.57. The van der Waals surface area contributed by atoms with E-state index in [4.69, 9.17) is 4.74 Å². The molecule has 2 amide bonds. The highest BCUT2D eigenvalue weighted by molar-refractivity contribution is 5.94. The first-order valence-electron chi connectivity index (χ1n) is 7.85. The summed E-state index contributed by atoms with van der Waals surface area (Å²) in [6.07, 6.45) is -5.81. The molecule has 0 radical (unpaired) electrons. The minimum atomic E-state index is -4.98. The second-order valence-corrected chi connectivity index (χ2v) is 5.62. The molecule has 0 spiro atoms. The van der Waals surface area contributed by atoms with E-state index in [1.165, 1.54) is 49.4 Å². The van der Waals surface area contributed by atoms with E-state index < -0.39 is 24.1 Å². The van der Waals surface area contributed by atoms with Crippen molar-refractivity contribution >= 4 is 17.5 Å². The number of hydrogen-bond acceptors (Lipinski definition) is 4. The third-order valence-corrected chi connectivity index (χ3v) is 3.43. The fourth-order valence-electron chi connectivity index (χ4n) is 2.08. The maximum Gasteiger partial charge on any atom is 0.471 e. The average Bonchev–Trinajstić information content (AvgIpc) is 2.61. The second-order valence-electron chi connectivity index (χ2n) is 5.62. The number of aromatic hydroxyl groups is 1. The Hall–Kier alpha value is -3.23. The number of benzene rings is 2. The van der Waals surface area contributed by atoms with E-state index in [9.17, 15) is 27.9 Å². The number of carbonyl (C=O) groups excluding carboxylic acids is 2. The fraction of sp³-hybridized carbons (Fsp3) is 0.222. The van der Waals surface area contributed by atoms with Gasteiger partial charge in [0.15, 0.2) is 6.10 Å². The van der Waals surface area contributed by atoms with Crippen molar-refractivity contribution in [2.45, 2.75) is 25.7 Å². The average molecular weight is 382 g/mol. The molecule has 2 aromatic rings. The van der Waals surface area contributed by atoms with Crippen molar-refractivity contribution in [3.63, 3.8) is 0 Å². The molecule has 2 aromatic carbocycles. The number of phenolic OH excluding ortho intramolecular Hbond substituents is 1. The molecule has 0 bridgehead atoms. The lowest BCUT2D eigenvalue weighted by Crippen LogP contribution is -2.35. The Morgan fingerprint density at radius 2 is 1.81 bits per heavy atom. The quantitative estimate of drug-likeness (QED) is 0.717. The lowest BCUT2D eigenvalue weighted by Gasteiger charge is -2.15. The van der Waals surface area contributed by atoms with Crippen molar-refractivity contribution in [1.82, 2.24) is 5.32 Å². The maximum absolute atomic E-state index is 12.3. The molecule has 0 aliphatic rings. The molecule has 0 fully saturated rings. The standard InChI is InChI=1S/C18H17F3N2O4/c1-11(27-15-7-5-14(24)6-8-15)16(25)22-10-12-3-2-4-13(9-12)23-17(26)18(19,20)21/h2-9,11,24H,10H2,1H3,(H,22,25)(H,23,26). The van der Waals surface area contributed by atoms with Crippen molar-refractivity contribution in [2.75, 3.05) is 5.32 Å². The first-order valence-corrected chi connectivity index (χ1v) is 7.85. The van der Waals surface area contributed by atoms with Crippen LogP contribution < -0.4 is 15.4 Å². The number of halogens is 3. The molecule has 0 saturated heterocycles. The largest absolute Gasteiger partial charge is 0.508 e. The molecule has 1 unspecified atom stereocenters. The molecular weight excluding hydrogens is 365 g/mol. The Balaban J connectivity index is 1.89. The summed E-state index contributed by atoms with van der Waals surface area (Å²) >= 11 is 0. The molecule has 6 nitrogen and oxygen atoms in total. The van der Waals surface area contributed by atoms with Crippen LogP contribution in [-0.2, 0) is 16.1 Å². The number of hydrogen-bond donors (Lipinski definition) is 3. The van der Waals surface area contributed by atoms with Gasteiger partial charge in [-0.05, 0) is 48.9 Å². The molecule has 3 N–H and O–H groups in total. The summed E-state index contributed by atoms with van der Waals surface area (Å²) in [6, 6.07) is 11.5. The molecule has 0 aliphatic carbocycles. The van der Waals surface area contributed by atoms with Gasteiger partial charge in [-0.2, -0.15) is 13.2 Å². The van der Waals surface area contributed by atoms with Crippen LogP contribution in [0.5, 0.6) is 11.5 Å². The van der Waals surface area contributed by atoms with Gasteiger partial charge in [-0.3, -0.25) is 9.59 Å². The maximum atomic E-state index is 12.3. The van der Waals surface area contributed by atoms with Gasteiger partial charge in [0.1, 0.15) is 11.5 Å². The summed E-state index contributed by atoms with van der Waals surface area (Å²) < 4.78 is 42.3. The number of phenols is 1. The molecule has 1 atom stereocenters. The molecule has 0 aliphatic heterocycles. The smallest absolute Gasteiger partial charge is 0.471 e. The summed E-state index contributed by atoms with van der Waals surface area (Å²) in [4.78, 5) is 23.0. The minimum absolute atomic E-state index is 0.0301. The molecule has 2 rings (SSSR count). The molecule has 144 valence electrons. The fourth-order valence-corrected chi connectivity index (χ4v) is 2.08. The summed E-state index contributed by atoms with van der Waals surface area (Å²) in [5, 5.41) is 13.5. The van der Waals surface area contributed by atoms with Crippen molar-refractivity contribution in [3.8, 4) is 11.5 Å². The first kappa shape index (κ1) is 20.1. The van der Waals surface area contributed by atoms with Gasteiger partial charge in [-0.25, -0.2) is 0 Å². The van der Waals surface area contributed by atoms with Gasteiger partial charge >= 0.3 is 12.1 Å². The highest BCUT2D eigenvalue weighted by Gasteiger charge is 2.38. The summed E-state index contributed by atoms with van der Waals surface area (Å²) in [5.41, 5.74) is 0.470. The third-order valence-electron chi connectivity index (χ3n) is 3.43. The predicted octanol–water partition coefficient (Wildman–Crippen LogP) is 2.98. The molecule has 0 heterocycles. The van der Waals surface area contributed by atoms with Crippen LogP contribution in [0.3, 0.4) is 0 Å². The second kappa shape index (κ2) is 8.43. The topological polar surface area (TPSA) is 87.7 Å². The Labute approximate surface area is 153 Å². The Morgan fingerprint density at radius 3 is 2.44 bits per heavy atom. The van der Waals surface area contributed by atoms with Gasteiger partial charge in [0.05, 0.1) is 0 Å². The Kier molecular flexibility index (Phi) is 6.27. The van der Waals surface area contributed by atoms with E-state index in [0.29, 0.717) is 11.3 Å². The highest BCUT2D eigenvalue weighted by Crippen LogP contribution is 2.19. The molecule has 0 aromatic heterocycles. The number of anilines is 1. The van der Waals surface area contributed by atoms with Gasteiger partial charge in [-0.15, -0.1) is 0 Å². The lowest BCUT2D eigenvalue weighted by molar-refractivity contribution is -0.167. The van der Waals surface area contributed by atoms with Gasteiger partial charge < -0.3 is 20.5 Å². The van der Waals surface area contributed by atoms with E-state index in [0.717, 1.165) is 0 Å². The Bertz CT molecular complexity index is 807. The molecule has 0 saturated carbocycles. The van der Waals surface area contributed by atoms with Gasteiger partial charge in [0.2, 0.25) is 0 Å². The van der Waals surface area contributed by atoms with Crippen LogP contribution in [0.15, 0.2) is 48.5 Å². The van der Waals surface area contributed by atoms with E-state index in [-0.39, 0.29) is 18.0 Å². The molecule has 27 heavy (non-hydrogen) atoms. The van der Waals surface area contributed by atoms with E-state index in [1.54, 1.807) is 11.4 Å².